The molecule has 0 saturated heterocycles. The summed E-state index contributed by atoms with van der Waals surface area (Å²) in [6.45, 7) is 1.75. The van der Waals surface area contributed by atoms with Crippen molar-refractivity contribution in [2.45, 2.75) is 22.1 Å². The van der Waals surface area contributed by atoms with Gasteiger partial charge in [-0.2, -0.15) is 0 Å². The van der Waals surface area contributed by atoms with Crippen molar-refractivity contribution in [3.63, 3.8) is 0 Å². The summed E-state index contributed by atoms with van der Waals surface area (Å²) in [4.78, 5) is 21.6. The van der Waals surface area contributed by atoms with E-state index in [1.165, 1.54) is 47.6 Å². The first kappa shape index (κ1) is 17.8. The van der Waals surface area contributed by atoms with Gasteiger partial charge in [0.2, 0.25) is 15.9 Å². The van der Waals surface area contributed by atoms with Crippen LogP contribution in [0, 0.1) is 0 Å². The predicted molar refractivity (Wildman–Crippen MR) is 99.2 cm³/mol. The number of benzene rings is 1. The molecule has 2 heterocycles. The van der Waals surface area contributed by atoms with Crippen LogP contribution in [0.2, 0.25) is 0 Å². The Morgan fingerprint density at radius 2 is 2.12 bits per heavy atom. The van der Waals surface area contributed by atoms with Crippen LogP contribution >= 0.6 is 23.1 Å². The summed E-state index contributed by atoms with van der Waals surface area (Å²) in [6.07, 6.45) is 1.47. The van der Waals surface area contributed by atoms with Crippen LogP contribution in [-0.4, -0.2) is 29.5 Å². The van der Waals surface area contributed by atoms with E-state index < -0.39 is 15.3 Å². The molecule has 0 aliphatic heterocycles. The Hall–Kier alpha value is -2.01. The van der Waals surface area contributed by atoms with E-state index in [2.05, 4.69) is 15.3 Å². The number of hydrogen-bond donors (Lipinski definition) is 2. The molecular weight excluding hydrogens is 380 g/mol. The van der Waals surface area contributed by atoms with Crippen LogP contribution in [0.1, 0.15) is 6.92 Å². The van der Waals surface area contributed by atoms with Gasteiger partial charge in [0.05, 0.1) is 10.1 Å². The first-order valence-corrected chi connectivity index (χ1v) is 10.4. The van der Waals surface area contributed by atoms with Crippen LogP contribution < -0.4 is 10.5 Å². The van der Waals surface area contributed by atoms with Crippen molar-refractivity contribution in [2.75, 3.05) is 5.32 Å². The maximum atomic E-state index is 12.4. The molecule has 10 heteroatoms. The maximum absolute atomic E-state index is 12.4. The number of fused-ring (bicyclic) bond motifs is 1. The minimum atomic E-state index is -3.82. The molecule has 0 fully saturated rings. The van der Waals surface area contributed by atoms with E-state index in [4.69, 9.17) is 5.14 Å². The molecule has 0 spiro atoms. The predicted octanol–water partition coefficient (Wildman–Crippen LogP) is 2.46. The number of rotatable bonds is 5. The summed E-state index contributed by atoms with van der Waals surface area (Å²) in [5, 5.41) is 10.9. The lowest BCUT2D eigenvalue weighted by molar-refractivity contribution is -0.115. The van der Waals surface area contributed by atoms with Crippen molar-refractivity contribution in [3.05, 3.63) is 42.0 Å². The van der Waals surface area contributed by atoms with E-state index in [1.54, 1.807) is 13.0 Å². The van der Waals surface area contributed by atoms with Gasteiger partial charge in [0, 0.05) is 11.1 Å². The maximum Gasteiger partial charge on any atom is 0.238 e. The Labute approximate surface area is 152 Å². The average molecular weight is 395 g/mol. The Morgan fingerprint density at radius 3 is 2.88 bits per heavy atom. The molecule has 0 bridgehead atoms. The van der Waals surface area contributed by atoms with Crippen LogP contribution in [-0.2, 0) is 14.8 Å². The van der Waals surface area contributed by atoms with Crippen LogP contribution in [0.15, 0.2) is 52.0 Å². The Balaban J connectivity index is 1.74. The van der Waals surface area contributed by atoms with Crippen molar-refractivity contribution in [1.29, 1.82) is 0 Å². The standard InChI is InChI=1S/C15H14N4O3S3/c1-9(24-15-12-5-6-23-14(12)17-8-18-15)13(20)19-10-3-2-4-11(7-10)25(16,21)22/h2-9H,1H3,(H,19,20)(H2,16,21,22). The fourth-order valence-electron chi connectivity index (χ4n) is 2.08. The minimum Gasteiger partial charge on any atom is -0.325 e. The zero-order valence-electron chi connectivity index (χ0n) is 13.0. The number of carbonyl (C=O) groups excluding carboxylic acids is 1. The zero-order valence-corrected chi connectivity index (χ0v) is 15.5. The number of hydrogen-bond acceptors (Lipinski definition) is 7. The van der Waals surface area contributed by atoms with Gasteiger partial charge in [0.25, 0.3) is 0 Å². The van der Waals surface area contributed by atoms with Gasteiger partial charge in [-0.25, -0.2) is 23.5 Å². The highest BCUT2D eigenvalue weighted by Gasteiger charge is 2.18. The number of nitrogens with zero attached hydrogens (tertiary/aromatic N) is 2. The van der Waals surface area contributed by atoms with Gasteiger partial charge >= 0.3 is 0 Å². The van der Waals surface area contributed by atoms with Crippen molar-refractivity contribution in [2.24, 2.45) is 5.14 Å². The average Bonchev–Trinajstić information content (AvgIpc) is 3.04. The van der Waals surface area contributed by atoms with Gasteiger partial charge < -0.3 is 5.32 Å². The molecule has 1 aromatic carbocycles. The first-order chi connectivity index (χ1) is 11.8. The van der Waals surface area contributed by atoms with Gasteiger partial charge in [-0.15, -0.1) is 11.3 Å². The molecule has 0 aliphatic rings. The molecule has 130 valence electrons. The fraction of sp³-hybridized carbons (Fsp3) is 0.133. The normalized spacial score (nSPS) is 12.9. The van der Waals surface area contributed by atoms with Gasteiger partial charge in [0.1, 0.15) is 16.2 Å². The zero-order chi connectivity index (χ0) is 18.0. The number of aromatic nitrogens is 2. The van der Waals surface area contributed by atoms with Crippen LogP contribution in [0.4, 0.5) is 5.69 Å². The molecule has 3 N–H and O–H groups in total. The second-order valence-electron chi connectivity index (χ2n) is 5.14. The quantitative estimate of drug-likeness (QED) is 0.507. The highest BCUT2D eigenvalue weighted by atomic mass is 32.2. The van der Waals surface area contributed by atoms with Crippen molar-refractivity contribution < 1.29 is 13.2 Å². The van der Waals surface area contributed by atoms with E-state index in [9.17, 15) is 13.2 Å². The Morgan fingerprint density at radius 1 is 1.32 bits per heavy atom. The van der Waals surface area contributed by atoms with E-state index in [0.717, 1.165) is 15.2 Å². The van der Waals surface area contributed by atoms with Crippen molar-refractivity contribution in [1.82, 2.24) is 9.97 Å². The minimum absolute atomic E-state index is 0.0543. The lowest BCUT2D eigenvalue weighted by Gasteiger charge is -2.12. The summed E-state index contributed by atoms with van der Waals surface area (Å²) >= 11 is 2.83. The number of nitrogens with two attached hydrogens (primary N) is 1. The molecule has 1 amide bonds. The Bertz CT molecular complexity index is 1030. The van der Waals surface area contributed by atoms with Crippen LogP contribution in [0.25, 0.3) is 10.2 Å². The largest absolute Gasteiger partial charge is 0.325 e. The molecule has 1 unspecified atom stereocenters. The van der Waals surface area contributed by atoms with E-state index in [0.29, 0.717) is 5.69 Å². The lowest BCUT2D eigenvalue weighted by Crippen LogP contribution is -2.23. The molecule has 3 aromatic rings. The van der Waals surface area contributed by atoms with E-state index >= 15 is 0 Å². The molecule has 0 radical (unpaired) electrons. The number of amides is 1. The molecule has 25 heavy (non-hydrogen) atoms. The molecule has 3 rings (SSSR count). The van der Waals surface area contributed by atoms with E-state index in [1.807, 2.05) is 11.4 Å². The number of nitrogens with one attached hydrogen (secondary N) is 1. The summed E-state index contributed by atoms with van der Waals surface area (Å²) in [6, 6.07) is 7.74. The number of primary sulfonamides is 1. The molecule has 7 nitrogen and oxygen atoms in total. The monoisotopic (exact) mass is 394 g/mol. The molecule has 0 saturated carbocycles. The fourth-order valence-corrected chi connectivity index (χ4v) is 4.33. The van der Waals surface area contributed by atoms with Gasteiger partial charge in [0.15, 0.2) is 0 Å². The molecule has 0 aliphatic carbocycles. The third-order valence-electron chi connectivity index (χ3n) is 3.31. The molecule has 2 aromatic heterocycles. The second kappa shape index (κ2) is 7.08. The van der Waals surface area contributed by atoms with Crippen LogP contribution in [0.3, 0.4) is 0 Å². The first-order valence-electron chi connectivity index (χ1n) is 7.13. The third kappa shape index (κ3) is 4.15. The Kier molecular flexibility index (Phi) is 5.04. The lowest BCUT2D eigenvalue weighted by atomic mass is 10.3. The highest BCUT2D eigenvalue weighted by Crippen LogP contribution is 2.30. The van der Waals surface area contributed by atoms with Gasteiger partial charge in [-0.1, -0.05) is 17.8 Å². The summed E-state index contributed by atoms with van der Waals surface area (Å²) in [5.41, 5.74) is 0.368. The molecular formula is C15H14N4O3S3. The number of anilines is 1. The summed E-state index contributed by atoms with van der Waals surface area (Å²) in [5.74, 6) is -0.265. The van der Waals surface area contributed by atoms with Gasteiger partial charge in [-0.3, -0.25) is 4.79 Å². The summed E-state index contributed by atoms with van der Waals surface area (Å²) in [7, 11) is -3.82. The van der Waals surface area contributed by atoms with Gasteiger partial charge in [-0.05, 0) is 36.6 Å². The number of thiophene rings is 1. The van der Waals surface area contributed by atoms with E-state index in [-0.39, 0.29) is 10.8 Å². The number of carbonyl (C=O) groups is 1. The topological polar surface area (TPSA) is 115 Å². The van der Waals surface area contributed by atoms with Crippen molar-refractivity contribution in [3.8, 4) is 0 Å². The van der Waals surface area contributed by atoms with Crippen LogP contribution in [0.5, 0.6) is 0 Å². The SMILES string of the molecule is CC(Sc1ncnc2sccc12)C(=O)Nc1cccc(S(N)(=O)=O)c1. The smallest absolute Gasteiger partial charge is 0.238 e. The second-order valence-corrected chi connectivity index (χ2v) is 8.93. The number of thioether (sulfide) groups is 1. The summed E-state index contributed by atoms with van der Waals surface area (Å²) < 4.78 is 22.8. The highest BCUT2D eigenvalue weighted by molar-refractivity contribution is 8.00. The molecule has 1 atom stereocenters. The van der Waals surface area contributed by atoms with Crippen molar-refractivity contribution >= 4 is 54.9 Å². The number of sulfonamides is 1. The third-order valence-corrected chi connectivity index (χ3v) is 6.16.